The first kappa shape index (κ1) is 25.1. The molecule has 1 rings (SSSR count). The minimum Gasteiger partial charge on any atom is -0.460 e. The third kappa shape index (κ3) is 9.50. The first-order valence-electron chi connectivity index (χ1n) is 9.68. The number of hydrogen-bond acceptors (Lipinski definition) is 5. The fourth-order valence-corrected chi connectivity index (χ4v) is 3.53. The minimum absolute atomic E-state index is 0.167. The molecule has 0 heterocycles. The molecule has 5 nitrogen and oxygen atoms in total. The molecule has 2 N–H and O–H groups in total. The van der Waals surface area contributed by atoms with Crippen molar-refractivity contribution in [3.8, 4) is 0 Å². The van der Waals surface area contributed by atoms with Gasteiger partial charge < -0.3 is 19.9 Å². The Kier molecular flexibility index (Phi) is 10.7. The van der Waals surface area contributed by atoms with E-state index in [0.29, 0.717) is 31.3 Å². The van der Waals surface area contributed by atoms with Gasteiger partial charge in [-0.15, -0.1) is 23.2 Å². The van der Waals surface area contributed by atoms with Crippen molar-refractivity contribution >= 4 is 41.9 Å². The van der Waals surface area contributed by atoms with E-state index in [1.807, 2.05) is 27.7 Å². The van der Waals surface area contributed by atoms with Gasteiger partial charge in [0.25, 0.3) is 0 Å². The molecule has 0 saturated heterocycles. The Morgan fingerprint density at radius 3 is 2.39 bits per heavy atom. The average molecular weight is 431 g/mol. The number of nitrogens with one attached hydrogen (secondary N) is 1. The molecule has 8 heteroatoms. The lowest BCUT2D eigenvalue weighted by Crippen LogP contribution is -2.43. The van der Waals surface area contributed by atoms with Crippen molar-refractivity contribution in [3.63, 3.8) is 0 Å². The number of hydrogen-bond donors (Lipinski definition) is 2. The second-order valence-corrected chi connectivity index (χ2v) is 8.79. The molecule has 1 atom stereocenters. The highest BCUT2D eigenvalue weighted by Crippen LogP contribution is 2.25. The summed E-state index contributed by atoms with van der Waals surface area (Å²) in [5, 5.41) is 12.9. The quantitative estimate of drug-likeness (QED) is 0.319. The zero-order chi connectivity index (χ0) is 21.3. The first-order chi connectivity index (χ1) is 13.1. The Hall–Kier alpha value is -0.945. The van der Waals surface area contributed by atoms with Crippen LogP contribution in [0.5, 0.6) is 0 Å². The molecule has 0 fully saturated rings. The highest BCUT2D eigenvalue weighted by atomic mass is 35.5. The lowest BCUT2D eigenvalue weighted by atomic mass is 9.85. The van der Waals surface area contributed by atoms with E-state index >= 15 is 0 Å². The highest BCUT2D eigenvalue weighted by molar-refractivity contribution is 6.45. The van der Waals surface area contributed by atoms with E-state index in [9.17, 15) is 9.82 Å². The predicted octanol–water partition coefficient (Wildman–Crippen LogP) is 3.62. The third-order valence-electron chi connectivity index (χ3n) is 4.06. The zero-order valence-corrected chi connectivity index (χ0v) is 19.1. The number of carbonyl (C=O) groups excluding carboxylic acids is 1. The molecule has 0 amide bonds. The van der Waals surface area contributed by atoms with Gasteiger partial charge in [0, 0.05) is 36.6 Å². The number of benzene rings is 1. The van der Waals surface area contributed by atoms with Gasteiger partial charge in [0.05, 0.1) is 6.42 Å². The van der Waals surface area contributed by atoms with Crippen LogP contribution in [0.2, 0.25) is 6.82 Å². The van der Waals surface area contributed by atoms with Crippen molar-refractivity contribution in [2.75, 3.05) is 29.7 Å². The smallest absolute Gasteiger partial charge is 0.373 e. The first-order valence-corrected chi connectivity index (χ1v) is 10.7. The van der Waals surface area contributed by atoms with E-state index in [-0.39, 0.29) is 18.4 Å². The number of rotatable bonds is 11. The van der Waals surface area contributed by atoms with Gasteiger partial charge in [-0.1, -0.05) is 17.7 Å². The molecule has 0 aromatic heterocycles. The van der Waals surface area contributed by atoms with Crippen molar-refractivity contribution in [1.82, 2.24) is 5.23 Å². The number of alkyl halides is 2. The van der Waals surface area contributed by atoms with Crippen LogP contribution in [-0.2, 0) is 16.0 Å². The zero-order valence-electron chi connectivity index (χ0n) is 17.6. The summed E-state index contributed by atoms with van der Waals surface area (Å²) in [5.41, 5.74) is 2.72. The molecule has 0 saturated carbocycles. The van der Waals surface area contributed by atoms with Crippen LogP contribution in [0.1, 0.15) is 38.3 Å². The van der Waals surface area contributed by atoms with E-state index in [2.05, 4.69) is 28.3 Å². The van der Waals surface area contributed by atoms with Gasteiger partial charge in [-0.3, -0.25) is 4.79 Å². The van der Waals surface area contributed by atoms with Crippen molar-refractivity contribution in [1.29, 1.82) is 0 Å². The molecule has 0 aliphatic heterocycles. The number of anilines is 1. The standard InChI is InChI=1S/C20H33BCl2N2O3/c1-15-6-7-18(25(10-8-22)11-9-23)16(12-15)13-17(24-21(5)27)14-19(26)28-20(2,3)4/h6-7,12,17,24,27H,8-11,13-14H2,1-5H3/t17-/m0/s1. The van der Waals surface area contributed by atoms with Crippen LogP contribution in [0.25, 0.3) is 0 Å². The topological polar surface area (TPSA) is 61.8 Å². The van der Waals surface area contributed by atoms with Crippen LogP contribution in [0.3, 0.4) is 0 Å². The predicted molar refractivity (Wildman–Crippen MR) is 120 cm³/mol. The van der Waals surface area contributed by atoms with Gasteiger partial charge in [0.1, 0.15) is 5.60 Å². The number of halogens is 2. The highest BCUT2D eigenvalue weighted by Gasteiger charge is 2.24. The summed E-state index contributed by atoms with van der Waals surface area (Å²) >= 11 is 12.0. The molecule has 0 bridgehead atoms. The Morgan fingerprint density at radius 2 is 1.89 bits per heavy atom. The summed E-state index contributed by atoms with van der Waals surface area (Å²) in [4.78, 5) is 14.5. The van der Waals surface area contributed by atoms with Gasteiger partial charge in [0.2, 0.25) is 0 Å². The molecular weight excluding hydrogens is 398 g/mol. The second-order valence-electron chi connectivity index (χ2n) is 8.03. The lowest BCUT2D eigenvalue weighted by molar-refractivity contribution is -0.155. The molecule has 0 aliphatic carbocycles. The molecule has 0 unspecified atom stereocenters. The van der Waals surface area contributed by atoms with Crippen LogP contribution in [0.4, 0.5) is 5.69 Å². The Morgan fingerprint density at radius 1 is 1.29 bits per heavy atom. The van der Waals surface area contributed by atoms with Crippen LogP contribution in [0, 0.1) is 6.92 Å². The Labute approximate surface area is 179 Å². The van der Waals surface area contributed by atoms with E-state index in [4.69, 9.17) is 27.9 Å². The monoisotopic (exact) mass is 430 g/mol. The SMILES string of the molecule is CB(O)N[C@H](CC(=O)OC(C)(C)C)Cc1cc(C)ccc1N(CCCl)CCCl. The number of aryl methyl sites for hydroxylation is 1. The molecule has 28 heavy (non-hydrogen) atoms. The van der Waals surface area contributed by atoms with Crippen LogP contribution in [-0.4, -0.2) is 54.5 Å². The van der Waals surface area contributed by atoms with Crippen molar-refractivity contribution < 1.29 is 14.6 Å². The molecule has 0 aliphatic rings. The van der Waals surface area contributed by atoms with Crippen LogP contribution in [0.15, 0.2) is 18.2 Å². The maximum Gasteiger partial charge on any atom is 0.373 e. The Balaban J connectivity index is 3.09. The van der Waals surface area contributed by atoms with Gasteiger partial charge in [-0.2, -0.15) is 0 Å². The van der Waals surface area contributed by atoms with Crippen molar-refractivity contribution in [3.05, 3.63) is 29.3 Å². The van der Waals surface area contributed by atoms with Crippen molar-refractivity contribution in [2.45, 2.75) is 59.0 Å². The normalized spacial score (nSPS) is 12.6. The van der Waals surface area contributed by atoms with Gasteiger partial charge in [0.15, 0.2) is 0 Å². The molecule has 1 aromatic carbocycles. The van der Waals surface area contributed by atoms with E-state index in [1.165, 1.54) is 0 Å². The maximum absolute atomic E-state index is 12.3. The lowest BCUT2D eigenvalue weighted by Gasteiger charge is -2.28. The molecule has 158 valence electrons. The van der Waals surface area contributed by atoms with E-state index in [0.717, 1.165) is 16.8 Å². The summed E-state index contributed by atoms with van der Waals surface area (Å²) in [6.45, 7) is 10.6. The number of carbonyl (C=O) groups is 1. The van der Waals surface area contributed by atoms with E-state index < -0.39 is 12.7 Å². The van der Waals surface area contributed by atoms with Gasteiger partial charge >= 0.3 is 13.0 Å². The number of esters is 1. The number of nitrogens with zero attached hydrogens (tertiary/aromatic N) is 1. The minimum atomic E-state index is -0.734. The van der Waals surface area contributed by atoms with Crippen LogP contribution < -0.4 is 10.1 Å². The molecule has 0 radical (unpaired) electrons. The fraction of sp³-hybridized carbons (Fsp3) is 0.650. The summed E-state index contributed by atoms with van der Waals surface area (Å²) in [6.07, 6.45) is 0.739. The summed E-state index contributed by atoms with van der Waals surface area (Å²) in [7, 11) is -0.734. The molecule has 1 aromatic rings. The van der Waals surface area contributed by atoms with E-state index in [1.54, 1.807) is 6.82 Å². The summed E-state index contributed by atoms with van der Waals surface area (Å²) in [6, 6.07) is 5.97. The molecule has 0 spiro atoms. The van der Waals surface area contributed by atoms with Crippen molar-refractivity contribution in [2.24, 2.45) is 0 Å². The number of ether oxygens (including phenoxy) is 1. The second kappa shape index (κ2) is 11.9. The van der Waals surface area contributed by atoms with Crippen LogP contribution >= 0.6 is 23.2 Å². The largest absolute Gasteiger partial charge is 0.460 e. The average Bonchev–Trinajstić information content (AvgIpc) is 2.52. The maximum atomic E-state index is 12.3. The fourth-order valence-electron chi connectivity index (χ4n) is 3.12. The third-order valence-corrected chi connectivity index (χ3v) is 4.40. The summed E-state index contributed by atoms with van der Waals surface area (Å²) in [5.74, 6) is 0.702. The summed E-state index contributed by atoms with van der Waals surface area (Å²) < 4.78 is 5.46. The van der Waals surface area contributed by atoms with Gasteiger partial charge in [-0.25, -0.2) is 0 Å². The molecular formula is C20H33BCl2N2O3. The Bertz CT molecular complexity index is 618. The van der Waals surface area contributed by atoms with Gasteiger partial charge in [-0.05, 0) is 52.6 Å².